The second-order valence-corrected chi connectivity index (χ2v) is 7.64. The number of furan rings is 1. The van der Waals surface area contributed by atoms with Crippen LogP contribution in [0, 0.1) is 10.1 Å². The van der Waals surface area contributed by atoms with Gasteiger partial charge in [-0.25, -0.2) is 4.79 Å². The molecule has 0 aromatic carbocycles. The molecule has 27 heavy (non-hydrogen) atoms. The number of nitro groups is 1. The molecule has 3 heterocycles. The Balaban J connectivity index is 1.91. The zero-order valence-corrected chi connectivity index (χ0v) is 16.0. The van der Waals surface area contributed by atoms with Crippen LogP contribution in [0.3, 0.4) is 0 Å². The number of nitrogens with one attached hydrogen (secondary N) is 2. The standard InChI is InChI=1S/C17H19N3O6S/c1-9(2)19-7-6-10-12(8-19)27-16(14(10)17(22)25-3)18-15(21)11-4-5-13(26-11)20(23)24/h4-5,9H,6-8H2,1-3H3,(H,18,21)/p+1. The van der Waals surface area contributed by atoms with Gasteiger partial charge in [0.25, 0.3) is 5.91 Å². The average Bonchev–Trinajstić information content (AvgIpc) is 3.25. The Morgan fingerprint density at radius 3 is 2.74 bits per heavy atom. The van der Waals surface area contributed by atoms with Gasteiger partial charge in [0.1, 0.15) is 16.5 Å². The number of hydrogen-bond donors (Lipinski definition) is 2. The van der Waals surface area contributed by atoms with E-state index in [0.717, 1.165) is 29.6 Å². The maximum atomic E-state index is 12.4. The molecule has 10 heteroatoms. The molecule has 0 spiro atoms. The molecule has 2 N–H and O–H groups in total. The van der Waals surface area contributed by atoms with Crippen LogP contribution in [-0.2, 0) is 17.7 Å². The zero-order valence-electron chi connectivity index (χ0n) is 15.2. The molecule has 2 aromatic rings. The van der Waals surface area contributed by atoms with E-state index >= 15 is 0 Å². The van der Waals surface area contributed by atoms with Crippen molar-refractivity contribution in [2.45, 2.75) is 32.9 Å². The number of rotatable bonds is 5. The number of carbonyl (C=O) groups excluding carboxylic acids is 2. The minimum atomic E-state index is -0.718. The first-order chi connectivity index (χ1) is 12.8. The van der Waals surface area contributed by atoms with E-state index in [4.69, 9.17) is 9.15 Å². The molecule has 2 aromatic heterocycles. The Kier molecular flexibility index (Phi) is 5.29. The molecule has 9 nitrogen and oxygen atoms in total. The molecule has 0 radical (unpaired) electrons. The lowest BCUT2D eigenvalue weighted by atomic mass is 10.0. The first-order valence-electron chi connectivity index (χ1n) is 8.44. The Labute approximate surface area is 159 Å². The van der Waals surface area contributed by atoms with Crippen LogP contribution in [0.4, 0.5) is 10.9 Å². The number of thiophene rings is 1. The number of esters is 1. The van der Waals surface area contributed by atoms with E-state index in [1.54, 1.807) is 0 Å². The predicted octanol–water partition coefficient (Wildman–Crippen LogP) is 1.64. The molecule has 1 aliphatic rings. The molecule has 0 bridgehead atoms. The summed E-state index contributed by atoms with van der Waals surface area (Å²) in [6.07, 6.45) is 0.714. The van der Waals surface area contributed by atoms with E-state index in [9.17, 15) is 19.7 Å². The van der Waals surface area contributed by atoms with Crippen LogP contribution in [0.25, 0.3) is 0 Å². The van der Waals surface area contributed by atoms with Crippen LogP contribution in [0.5, 0.6) is 0 Å². The molecule has 144 valence electrons. The second kappa shape index (κ2) is 7.49. The summed E-state index contributed by atoms with van der Waals surface area (Å²) >= 11 is 1.33. The van der Waals surface area contributed by atoms with Gasteiger partial charge in [0.15, 0.2) is 5.76 Å². The molecule has 1 atom stereocenters. The maximum Gasteiger partial charge on any atom is 0.433 e. The van der Waals surface area contributed by atoms with Gasteiger partial charge < -0.3 is 19.4 Å². The summed E-state index contributed by atoms with van der Waals surface area (Å²) in [4.78, 5) is 37.2. The largest absolute Gasteiger partial charge is 0.465 e. The molecular formula is C17H20N3O6S+. The van der Waals surface area contributed by atoms with Crippen molar-refractivity contribution in [3.8, 4) is 0 Å². The minimum absolute atomic E-state index is 0.196. The number of nitrogens with zero attached hydrogens (tertiary/aromatic N) is 1. The molecule has 1 amide bonds. The summed E-state index contributed by atoms with van der Waals surface area (Å²) in [7, 11) is 1.29. The van der Waals surface area contributed by atoms with E-state index in [1.165, 1.54) is 29.4 Å². The Bertz CT molecular complexity index is 901. The average molecular weight is 394 g/mol. The molecule has 0 saturated carbocycles. The number of ether oxygens (including phenoxy) is 1. The fourth-order valence-corrected chi connectivity index (χ4v) is 4.39. The zero-order chi connectivity index (χ0) is 19.7. The highest BCUT2D eigenvalue weighted by Crippen LogP contribution is 2.35. The summed E-state index contributed by atoms with van der Waals surface area (Å²) in [6, 6.07) is 2.78. The van der Waals surface area contributed by atoms with E-state index in [2.05, 4.69) is 19.2 Å². The molecule has 0 saturated heterocycles. The minimum Gasteiger partial charge on any atom is -0.465 e. The lowest BCUT2D eigenvalue weighted by Crippen LogP contribution is -3.14. The maximum absolute atomic E-state index is 12.4. The van der Waals surface area contributed by atoms with E-state index in [-0.39, 0.29) is 5.76 Å². The van der Waals surface area contributed by atoms with Crippen molar-refractivity contribution in [1.29, 1.82) is 0 Å². The van der Waals surface area contributed by atoms with Crippen molar-refractivity contribution in [1.82, 2.24) is 0 Å². The normalized spacial score (nSPS) is 16.1. The van der Waals surface area contributed by atoms with Crippen molar-refractivity contribution in [3.63, 3.8) is 0 Å². The summed E-state index contributed by atoms with van der Waals surface area (Å²) in [6.45, 7) is 5.94. The van der Waals surface area contributed by atoms with Gasteiger partial charge in [0.2, 0.25) is 0 Å². The third kappa shape index (κ3) is 3.71. The fraction of sp³-hybridized carbons (Fsp3) is 0.412. The number of quaternary nitrogens is 1. The number of anilines is 1. The molecule has 1 unspecified atom stereocenters. The molecule has 0 aliphatic carbocycles. The Morgan fingerprint density at radius 2 is 2.15 bits per heavy atom. The van der Waals surface area contributed by atoms with Crippen LogP contribution >= 0.6 is 11.3 Å². The Morgan fingerprint density at radius 1 is 1.41 bits per heavy atom. The summed E-state index contributed by atoms with van der Waals surface area (Å²) in [5, 5.41) is 13.7. The van der Waals surface area contributed by atoms with Gasteiger partial charge in [-0.1, -0.05) is 0 Å². The van der Waals surface area contributed by atoms with Crippen LogP contribution in [0.1, 0.15) is 45.2 Å². The topological polar surface area (TPSA) is 116 Å². The van der Waals surface area contributed by atoms with Gasteiger partial charge in [0.05, 0.1) is 36.2 Å². The second-order valence-electron chi connectivity index (χ2n) is 6.54. The molecule has 3 rings (SSSR count). The third-order valence-corrected chi connectivity index (χ3v) is 5.75. The lowest BCUT2D eigenvalue weighted by molar-refractivity contribution is -0.936. The molecule has 1 aliphatic heterocycles. The predicted molar refractivity (Wildman–Crippen MR) is 97.3 cm³/mol. The van der Waals surface area contributed by atoms with Crippen molar-refractivity contribution < 1.29 is 28.6 Å². The monoisotopic (exact) mass is 394 g/mol. The van der Waals surface area contributed by atoms with Crippen molar-refractivity contribution in [2.75, 3.05) is 19.0 Å². The van der Waals surface area contributed by atoms with Crippen LogP contribution in [-0.4, -0.2) is 36.5 Å². The first-order valence-corrected chi connectivity index (χ1v) is 9.26. The van der Waals surface area contributed by atoms with E-state index < -0.39 is 22.7 Å². The Hall–Kier alpha value is -2.72. The smallest absolute Gasteiger partial charge is 0.433 e. The van der Waals surface area contributed by atoms with Crippen molar-refractivity contribution in [3.05, 3.63) is 44.0 Å². The lowest BCUT2D eigenvalue weighted by Gasteiger charge is -2.27. The van der Waals surface area contributed by atoms with Gasteiger partial charge >= 0.3 is 11.9 Å². The highest BCUT2D eigenvalue weighted by Gasteiger charge is 2.32. The molecular weight excluding hydrogens is 374 g/mol. The molecule has 0 fully saturated rings. The fourth-order valence-electron chi connectivity index (χ4n) is 3.11. The van der Waals surface area contributed by atoms with Gasteiger partial charge in [-0.3, -0.25) is 14.9 Å². The number of methoxy groups -OCH3 is 1. The first kappa shape index (κ1) is 19.1. The highest BCUT2D eigenvalue weighted by atomic mass is 32.1. The quantitative estimate of drug-likeness (QED) is 0.452. The highest BCUT2D eigenvalue weighted by molar-refractivity contribution is 7.17. The number of amides is 1. The van der Waals surface area contributed by atoms with Gasteiger partial charge in [0, 0.05) is 6.42 Å². The summed E-state index contributed by atoms with van der Waals surface area (Å²) < 4.78 is 9.82. The van der Waals surface area contributed by atoms with E-state index in [1.807, 2.05) is 0 Å². The van der Waals surface area contributed by atoms with E-state index in [0.29, 0.717) is 23.0 Å². The third-order valence-electron chi connectivity index (χ3n) is 4.60. The van der Waals surface area contributed by atoms with Crippen LogP contribution in [0.15, 0.2) is 16.5 Å². The number of fused-ring (bicyclic) bond motifs is 1. The van der Waals surface area contributed by atoms with Crippen LogP contribution in [0.2, 0.25) is 0 Å². The van der Waals surface area contributed by atoms with Crippen molar-refractivity contribution >= 4 is 34.1 Å². The van der Waals surface area contributed by atoms with Gasteiger partial charge in [-0.05, 0) is 25.5 Å². The summed E-state index contributed by atoms with van der Waals surface area (Å²) in [5.41, 5.74) is 1.26. The van der Waals surface area contributed by atoms with Gasteiger partial charge in [-0.2, -0.15) is 0 Å². The van der Waals surface area contributed by atoms with Crippen molar-refractivity contribution in [2.24, 2.45) is 0 Å². The number of hydrogen-bond acceptors (Lipinski definition) is 7. The SMILES string of the molecule is COC(=O)c1c(NC(=O)c2ccc([N+](=O)[O-])o2)sc2c1CC[NH+](C(C)C)C2. The summed E-state index contributed by atoms with van der Waals surface area (Å²) in [5.74, 6) is -1.88. The van der Waals surface area contributed by atoms with Gasteiger partial charge in [-0.15, -0.1) is 11.3 Å². The number of carbonyl (C=O) groups is 2. The van der Waals surface area contributed by atoms with Crippen LogP contribution < -0.4 is 10.2 Å².